The molecule has 0 aromatic heterocycles. The molecule has 2 nitrogen and oxygen atoms in total. The van der Waals surface area contributed by atoms with Gasteiger partial charge in [0.1, 0.15) is 5.84 Å². The van der Waals surface area contributed by atoms with Gasteiger partial charge < -0.3 is 5.73 Å². The van der Waals surface area contributed by atoms with E-state index in [1.165, 1.54) is 0 Å². The van der Waals surface area contributed by atoms with Crippen molar-refractivity contribution in [1.29, 1.82) is 0 Å². The van der Waals surface area contributed by atoms with Gasteiger partial charge in [0.2, 0.25) is 0 Å². The summed E-state index contributed by atoms with van der Waals surface area (Å²) in [6.45, 7) is 0. The van der Waals surface area contributed by atoms with Gasteiger partial charge in [0, 0.05) is 5.56 Å². The second-order valence-electron chi connectivity index (χ2n) is 2.49. The summed E-state index contributed by atoms with van der Waals surface area (Å²) < 4.78 is 0. The van der Waals surface area contributed by atoms with Crippen LogP contribution >= 0.6 is 12.2 Å². The van der Waals surface area contributed by atoms with Crippen molar-refractivity contribution >= 4 is 34.3 Å². The summed E-state index contributed by atoms with van der Waals surface area (Å²) in [5, 5.41) is 2.61. The maximum Gasteiger partial charge on any atom is 0.140 e. The Bertz CT molecular complexity index is 414. The number of benzene rings is 1. The van der Waals surface area contributed by atoms with Crippen molar-refractivity contribution in [2.24, 2.45) is 10.7 Å². The number of aliphatic imine (C=N–C) groups is 1. The Morgan fingerprint density at radius 1 is 1.33 bits per heavy atom. The highest BCUT2D eigenvalue weighted by Crippen LogP contribution is 2.30. The minimum absolute atomic E-state index is 0.464. The molecule has 1 aliphatic heterocycles. The molecule has 12 heavy (non-hydrogen) atoms. The molecule has 1 aliphatic rings. The van der Waals surface area contributed by atoms with E-state index in [0.717, 1.165) is 16.8 Å². The van der Waals surface area contributed by atoms with E-state index in [0.29, 0.717) is 5.84 Å². The van der Waals surface area contributed by atoms with Crippen molar-refractivity contribution < 1.29 is 0 Å². The molecule has 0 fully saturated rings. The maximum atomic E-state index is 5.62. The molecule has 0 spiro atoms. The fourth-order valence-electron chi connectivity index (χ4n) is 1.21. The van der Waals surface area contributed by atoms with Gasteiger partial charge in [0.25, 0.3) is 0 Å². The van der Waals surface area contributed by atoms with Crippen molar-refractivity contribution in [3.8, 4) is 0 Å². The zero-order chi connectivity index (χ0) is 8.55. The first-order valence-electron chi connectivity index (χ1n) is 3.52. The second-order valence-corrected chi connectivity index (χ2v) is 2.70. The van der Waals surface area contributed by atoms with Crippen LogP contribution in [0.4, 0.5) is 5.69 Å². The number of thiocarbonyl (C=S) groups is 1. The molecule has 2 N–H and O–H groups in total. The molecule has 0 amide bonds. The lowest BCUT2D eigenvalue weighted by molar-refractivity contribution is 1.53. The largest absolute Gasteiger partial charge is 0.383 e. The molecule has 3 heteroatoms. The predicted molar refractivity (Wildman–Crippen MR) is 53.7 cm³/mol. The highest BCUT2D eigenvalue weighted by molar-refractivity contribution is 7.78. The normalized spacial score (nSPS) is 13.7. The standard InChI is InChI=1S/C9H6N2S/c10-9-7(5-12)6-3-1-2-4-8(6)11-9/h1-4H,(H2,10,11). The summed E-state index contributed by atoms with van der Waals surface area (Å²) in [5.41, 5.74) is 8.21. The molecule has 0 saturated carbocycles. The van der Waals surface area contributed by atoms with E-state index in [2.05, 4.69) is 10.0 Å². The number of amidine groups is 1. The van der Waals surface area contributed by atoms with Gasteiger partial charge >= 0.3 is 0 Å². The van der Waals surface area contributed by atoms with Gasteiger partial charge in [-0.2, -0.15) is 0 Å². The summed E-state index contributed by atoms with van der Waals surface area (Å²) >= 11 is 4.72. The molecular weight excluding hydrogens is 168 g/mol. The number of para-hydroxylation sites is 1. The summed E-state index contributed by atoms with van der Waals surface area (Å²) in [6, 6.07) is 7.69. The smallest absolute Gasteiger partial charge is 0.140 e. The SMILES string of the molecule is NC1=Nc2ccccc2C1=C=S. The number of rotatable bonds is 0. The quantitative estimate of drug-likeness (QED) is 0.607. The first-order chi connectivity index (χ1) is 5.83. The van der Waals surface area contributed by atoms with Crippen LogP contribution in [0.2, 0.25) is 0 Å². The topological polar surface area (TPSA) is 38.4 Å². The Morgan fingerprint density at radius 2 is 2.08 bits per heavy atom. The lowest BCUT2D eigenvalue weighted by atomic mass is 10.1. The zero-order valence-electron chi connectivity index (χ0n) is 6.24. The third-order valence-corrected chi connectivity index (χ3v) is 1.98. The third kappa shape index (κ3) is 0.881. The average Bonchev–Trinajstić information content (AvgIpc) is 2.40. The van der Waals surface area contributed by atoms with E-state index in [1.807, 2.05) is 24.3 Å². The third-order valence-electron chi connectivity index (χ3n) is 1.77. The van der Waals surface area contributed by atoms with Gasteiger partial charge in [-0.15, -0.1) is 0 Å². The summed E-state index contributed by atoms with van der Waals surface area (Å²) in [5.74, 6) is 0.464. The van der Waals surface area contributed by atoms with Gasteiger partial charge in [0.15, 0.2) is 0 Å². The fourth-order valence-corrected chi connectivity index (χ4v) is 1.43. The molecule has 0 unspecified atom stereocenters. The highest BCUT2D eigenvalue weighted by atomic mass is 32.1. The van der Waals surface area contributed by atoms with Crippen LogP contribution in [0.5, 0.6) is 0 Å². The summed E-state index contributed by atoms with van der Waals surface area (Å²) in [7, 11) is 0. The van der Waals surface area contributed by atoms with Crippen molar-refractivity contribution in [2.75, 3.05) is 0 Å². The summed E-state index contributed by atoms with van der Waals surface area (Å²) in [4.78, 5) is 4.13. The van der Waals surface area contributed by atoms with Crippen LogP contribution in [0.15, 0.2) is 29.3 Å². The Hall–Kier alpha value is -1.44. The summed E-state index contributed by atoms with van der Waals surface area (Å²) in [6.07, 6.45) is 0. The van der Waals surface area contributed by atoms with Crippen LogP contribution in [0.25, 0.3) is 5.57 Å². The average molecular weight is 174 g/mol. The first kappa shape index (κ1) is 7.22. The fraction of sp³-hybridized carbons (Fsp3) is 0. The Balaban J connectivity index is 2.73. The minimum Gasteiger partial charge on any atom is -0.383 e. The van der Waals surface area contributed by atoms with Crippen LogP contribution in [-0.2, 0) is 0 Å². The molecule has 0 aliphatic carbocycles. The number of nitrogens with two attached hydrogens (primary N) is 1. The van der Waals surface area contributed by atoms with Crippen molar-refractivity contribution in [2.45, 2.75) is 0 Å². The van der Waals surface area contributed by atoms with E-state index in [9.17, 15) is 0 Å². The van der Waals surface area contributed by atoms with Gasteiger partial charge in [-0.25, -0.2) is 4.99 Å². The number of hydrogen-bond donors (Lipinski definition) is 1. The van der Waals surface area contributed by atoms with Gasteiger partial charge in [-0.1, -0.05) is 18.2 Å². The van der Waals surface area contributed by atoms with Gasteiger partial charge in [-0.05, 0) is 23.3 Å². The molecule has 1 aromatic carbocycles. The first-order valence-corrected chi connectivity index (χ1v) is 3.93. The molecule has 1 aromatic rings. The Labute approximate surface area is 75.4 Å². The lowest BCUT2D eigenvalue weighted by Gasteiger charge is -1.94. The van der Waals surface area contributed by atoms with Crippen molar-refractivity contribution in [3.63, 3.8) is 0 Å². The van der Waals surface area contributed by atoms with E-state index in [-0.39, 0.29) is 0 Å². The number of hydrogen-bond acceptors (Lipinski definition) is 3. The monoisotopic (exact) mass is 174 g/mol. The van der Waals surface area contributed by atoms with Crippen LogP contribution in [-0.4, -0.2) is 10.9 Å². The molecular formula is C9H6N2S. The van der Waals surface area contributed by atoms with Crippen LogP contribution in [0.1, 0.15) is 5.56 Å². The van der Waals surface area contributed by atoms with Crippen LogP contribution < -0.4 is 5.73 Å². The molecule has 2 rings (SSSR count). The van der Waals surface area contributed by atoms with Crippen molar-refractivity contribution in [1.82, 2.24) is 0 Å². The van der Waals surface area contributed by atoms with Crippen LogP contribution in [0.3, 0.4) is 0 Å². The van der Waals surface area contributed by atoms with Crippen LogP contribution in [0, 0.1) is 0 Å². The van der Waals surface area contributed by atoms with Gasteiger partial charge in [-0.3, -0.25) is 0 Å². The predicted octanol–water partition coefficient (Wildman–Crippen LogP) is 1.67. The zero-order valence-corrected chi connectivity index (χ0v) is 7.06. The molecule has 58 valence electrons. The highest BCUT2D eigenvalue weighted by Gasteiger charge is 2.16. The Kier molecular flexibility index (Phi) is 1.54. The Morgan fingerprint density at radius 3 is 2.83 bits per heavy atom. The van der Waals surface area contributed by atoms with E-state index in [1.54, 1.807) is 0 Å². The van der Waals surface area contributed by atoms with Gasteiger partial charge in [0.05, 0.1) is 11.3 Å². The van der Waals surface area contributed by atoms with E-state index in [4.69, 9.17) is 18.0 Å². The minimum atomic E-state index is 0.464. The second kappa shape index (κ2) is 2.55. The van der Waals surface area contributed by atoms with E-state index < -0.39 is 0 Å². The van der Waals surface area contributed by atoms with Crippen molar-refractivity contribution in [3.05, 3.63) is 29.8 Å². The maximum absolute atomic E-state index is 5.62. The number of nitrogens with zero attached hydrogens (tertiary/aromatic N) is 1. The molecule has 0 saturated heterocycles. The lowest BCUT2D eigenvalue weighted by Crippen LogP contribution is -2.09. The van der Waals surface area contributed by atoms with E-state index >= 15 is 0 Å². The molecule has 0 radical (unpaired) electrons. The number of fused-ring (bicyclic) bond motifs is 1. The molecule has 0 atom stereocenters. The molecule has 1 heterocycles. The molecule has 0 bridgehead atoms.